The van der Waals surface area contributed by atoms with Crippen molar-refractivity contribution in [2.45, 2.75) is 37.6 Å². The summed E-state index contributed by atoms with van der Waals surface area (Å²) in [7, 11) is 0. The van der Waals surface area contributed by atoms with Crippen molar-refractivity contribution in [2.24, 2.45) is 0 Å². The first-order chi connectivity index (χ1) is 7.57. The highest BCUT2D eigenvalue weighted by atomic mass is 127. The van der Waals surface area contributed by atoms with Crippen molar-refractivity contribution in [3.63, 3.8) is 0 Å². The molecule has 1 N–H and O–H groups in total. The molecule has 0 aromatic heterocycles. The van der Waals surface area contributed by atoms with Gasteiger partial charge in [-0.25, -0.2) is 8.78 Å². The molecule has 1 fully saturated rings. The van der Waals surface area contributed by atoms with Crippen molar-refractivity contribution in [1.29, 1.82) is 0 Å². The van der Waals surface area contributed by atoms with Crippen LogP contribution >= 0.6 is 22.6 Å². The molecule has 0 radical (unpaired) electrons. The maximum absolute atomic E-state index is 13.0. The van der Waals surface area contributed by atoms with Gasteiger partial charge in [0, 0.05) is 28.1 Å². The molecule has 88 valence electrons. The van der Waals surface area contributed by atoms with E-state index in [0.717, 1.165) is 9.26 Å². The van der Waals surface area contributed by atoms with E-state index in [1.165, 1.54) is 0 Å². The Morgan fingerprint density at radius 2 is 1.81 bits per heavy atom. The molecule has 1 nitrogen and oxygen atoms in total. The van der Waals surface area contributed by atoms with Gasteiger partial charge in [0.05, 0.1) is 0 Å². The molecule has 16 heavy (non-hydrogen) atoms. The summed E-state index contributed by atoms with van der Waals surface area (Å²) in [5, 5.41) is 3.35. The molecule has 1 aromatic carbocycles. The van der Waals surface area contributed by atoms with E-state index in [-0.39, 0.29) is 18.9 Å². The number of anilines is 1. The second kappa shape index (κ2) is 4.85. The van der Waals surface area contributed by atoms with Crippen LogP contribution in [0.1, 0.15) is 25.7 Å². The fourth-order valence-corrected chi connectivity index (χ4v) is 2.53. The molecular formula is C12H14F2IN. The molecule has 1 aliphatic rings. The molecule has 0 amide bonds. The molecule has 4 heteroatoms. The Morgan fingerprint density at radius 3 is 2.44 bits per heavy atom. The summed E-state index contributed by atoms with van der Waals surface area (Å²) in [4.78, 5) is 0. The molecule has 0 spiro atoms. The van der Waals surface area contributed by atoms with Crippen LogP contribution in [0, 0.1) is 3.57 Å². The molecule has 1 aliphatic carbocycles. The predicted octanol–water partition coefficient (Wildman–Crippen LogP) is 4.28. The van der Waals surface area contributed by atoms with E-state index >= 15 is 0 Å². The Bertz CT molecular complexity index is 358. The quantitative estimate of drug-likeness (QED) is 0.795. The van der Waals surface area contributed by atoms with E-state index in [1.807, 2.05) is 24.3 Å². The van der Waals surface area contributed by atoms with Crippen LogP contribution in [-0.4, -0.2) is 12.0 Å². The average Bonchev–Trinajstić information content (AvgIpc) is 2.24. The van der Waals surface area contributed by atoms with Crippen molar-refractivity contribution >= 4 is 28.3 Å². The normalized spacial score (nSPS) is 20.7. The predicted molar refractivity (Wildman–Crippen MR) is 70.0 cm³/mol. The van der Waals surface area contributed by atoms with Crippen LogP contribution in [0.2, 0.25) is 0 Å². The van der Waals surface area contributed by atoms with E-state index in [2.05, 4.69) is 27.9 Å². The van der Waals surface area contributed by atoms with Gasteiger partial charge < -0.3 is 5.32 Å². The molecule has 0 unspecified atom stereocenters. The van der Waals surface area contributed by atoms with Gasteiger partial charge in [0.15, 0.2) is 0 Å². The second-order valence-corrected chi connectivity index (χ2v) is 5.42. The van der Waals surface area contributed by atoms with Gasteiger partial charge in [-0.05, 0) is 47.6 Å². The Hall–Kier alpha value is -0.390. The van der Waals surface area contributed by atoms with Gasteiger partial charge in [-0.1, -0.05) is 12.1 Å². The summed E-state index contributed by atoms with van der Waals surface area (Å²) in [6.07, 6.45) is 1.12. The van der Waals surface area contributed by atoms with Gasteiger partial charge in [-0.2, -0.15) is 0 Å². The fraction of sp³-hybridized carbons (Fsp3) is 0.500. The minimum Gasteiger partial charge on any atom is -0.381 e. The monoisotopic (exact) mass is 337 g/mol. The Balaban J connectivity index is 1.95. The summed E-state index contributed by atoms with van der Waals surface area (Å²) in [5.74, 6) is -2.44. The topological polar surface area (TPSA) is 12.0 Å². The van der Waals surface area contributed by atoms with Crippen LogP contribution in [0.15, 0.2) is 24.3 Å². The first-order valence-electron chi connectivity index (χ1n) is 5.46. The van der Waals surface area contributed by atoms with Gasteiger partial charge in [0.25, 0.3) is 0 Å². The van der Waals surface area contributed by atoms with E-state index in [0.29, 0.717) is 12.8 Å². The molecule has 2 rings (SSSR count). The van der Waals surface area contributed by atoms with Crippen LogP contribution in [0.25, 0.3) is 0 Å². The van der Waals surface area contributed by atoms with Crippen LogP contribution < -0.4 is 5.32 Å². The lowest BCUT2D eigenvalue weighted by molar-refractivity contribution is -0.0360. The first kappa shape index (κ1) is 12.1. The SMILES string of the molecule is FC1(F)CCC(Nc2ccccc2I)CC1. The number of nitrogens with one attached hydrogen (secondary N) is 1. The number of benzene rings is 1. The van der Waals surface area contributed by atoms with Gasteiger partial charge in [0.2, 0.25) is 5.92 Å². The average molecular weight is 337 g/mol. The van der Waals surface area contributed by atoms with Gasteiger partial charge in [0.1, 0.15) is 0 Å². The fourth-order valence-electron chi connectivity index (χ4n) is 1.98. The van der Waals surface area contributed by atoms with E-state index < -0.39 is 5.92 Å². The van der Waals surface area contributed by atoms with Crippen molar-refractivity contribution in [3.8, 4) is 0 Å². The number of hydrogen-bond donors (Lipinski definition) is 1. The van der Waals surface area contributed by atoms with Crippen molar-refractivity contribution in [2.75, 3.05) is 5.32 Å². The summed E-state index contributed by atoms with van der Waals surface area (Å²) in [6.45, 7) is 0. The standard InChI is InChI=1S/C12H14F2IN/c13-12(14)7-5-9(6-8-12)16-11-4-2-1-3-10(11)15/h1-4,9,16H,5-8H2. The maximum atomic E-state index is 13.0. The highest BCUT2D eigenvalue weighted by molar-refractivity contribution is 14.1. The highest BCUT2D eigenvalue weighted by Crippen LogP contribution is 2.34. The van der Waals surface area contributed by atoms with Crippen LogP contribution in [0.3, 0.4) is 0 Å². The smallest absolute Gasteiger partial charge is 0.248 e. The van der Waals surface area contributed by atoms with Crippen LogP contribution in [0.4, 0.5) is 14.5 Å². The number of rotatable bonds is 2. The second-order valence-electron chi connectivity index (χ2n) is 4.25. The third-order valence-electron chi connectivity index (χ3n) is 2.95. The lowest BCUT2D eigenvalue weighted by Gasteiger charge is -2.29. The lowest BCUT2D eigenvalue weighted by Crippen LogP contribution is -2.32. The van der Waals surface area contributed by atoms with Crippen LogP contribution in [-0.2, 0) is 0 Å². The van der Waals surface area contributed by atoms with Crippen molar-refractivity contribution in [3.05, 3.63) is 27.8 Å². The van der Waals surface area contributed by atoms with E-state index in [1.54, 1.807) is 0 Å². The molecular weight excluding hydrogens is 323 g/mol. The first-order valence-corrected chi connectivity index (χ1v) is 6.54. The maximum Gasteiger partial charge on any atom is 0.248 e. The van der Waals surface area contributed by atoms with Gasteiger partial charge in [-0.3, -0.25) is 0 Å². The van der Waals surface area contributed by atoms with E-state index in [4.69, 9.17) is 0 Å². The molecule has 0 atom stereocenters. The third-order valence-corrected chi connectivity index (χ3v) is 3.89. The number of hydrogen-bond acceptors (Lipinski definition) is 1. The molecule has 1 aromatic rings. The van der Waals surface area contributed by atoms with Gasteiger partial charge in [-0.15, -0.1) is 0 Å². The zero-order valence-electron chi connectivity index (χ0n) is 8.85. The molecule has 0 bridgehead atoms. The van der Waals surface area contributed by atoms with Crippen LogP contribution in [0.5, 0.6) is 0 Å². The minimum atomic E-state index is -2.44. The van der Waals surface area contributed by atoms with Crippen molar-refractivity contribution in [1.82, 2.24) is 0 Å². The van der Waals surface area contributed by atoms with E-state index in [9.17, 15) is 8.78 Å². The number of para-hydroxylation sites is 1. The van der Waals surface area contributed by atoms with Crippen molar-refractivity contribution < 1.29 is 8.78 Å². The minimum absolute atomic E-state index is 0.00802. The summed E-state index contributed by atoms with van der Waals surface area (Å²) in [5.41, 5.74) is 1.05. The third kappa shape index (κ3) is 3.06. The number of alkyl halides is 2. The molecule has 0 saturated heterocycles. The largest absolute Gasteiger partial charge is 0.381 e. The Labute approximate surface area is 108 Å². The summed E-state index contributed by atoms with van der Waals surface area (Å²) >= 11 is 2.25. The zero-order chi connectivity index (χ0) is 11.6. The molecule has 0 heterocycles. The Morgan fingerprint density at radius 1 is 1.19 bits per heavy atom. The molecule has 0 aliphatic heterocycles. The van der Waals surface area contributed by atoms with Gasteiger partial charge >= 0.3 is 0 Å². The zero-order valence-corrected chi connectivity index (χ0v) is 11.0. The highest BCUT2D eigenvalue weighted by Gasteiger charge is 2.34. The summed E-state index contributed by atoms with van der Waals surface area (Å²) < 4.78 is 27.1. The lowest BCUT2D eigenvalue weighted by atomic mass is 9.92. The number of halogens is 3. The summed E-state index contributed by atoms with van der Waals surface area (Å²) in [6, 6.07) is 8.13. The molecule has 1 saturated carbocycles. The Kier molecular flexibility index (Phi) is 3.66.